The molecule has 16 heavy (non-hydrogen) atoms. The molecule has 5 heteroatoms. The molecule has 0 saturated carbocycles. The molecule has 2 rings (SSSR count). The van der Waals surface area contributed by atoms with Crippen molar-refractivity contribution < 1.29 is 9.21 Å². The van der Waals surface area contributed by atoms with Gasteiger partial charge in [0.1, 0.15) is 5.15 Å². The number of Topliss-reactive ketones (excluding diaryl/α,β-unsaturated/α-hetero) is 1. The van der Waals surface area contributed by atoms with Crippen molar-refractivity contribution in [2.24, 2.45) is 7.05 Å². The van der Waals surface area contributed by atoms with E-state index in [9.17, 15) is 4.79 Å². The van der Waals surface area contributed by atoms with Crippen LogP contribution in [-0.4, -0.2) is 15.6 Å². The Morgan fingerprint density at radius 3 is 2.88 bits per heavy atom. The van der Waals surface area contributed by atoms with Crippen molar-refractivity contribution >= 4 is 17.4 Å². The number of hydrogen-bond donors (Lipinski definition) is 0. The summed E-state index contributed by atoms with van der Waals surface area (Å²) in [7, 11) is 1.75. The molecule has 2 heterocycles. The Labute approximate surface area is 97.8 Å². The number of ketones is 1. The van der Waals surface area contributed by atoms with E-state index in [2.05, 4.69) is 5.10 Å². The van der Waals surface area contributed by atoms with Gasteiger partial charge in [0.05, 0.1) is 12.0 Å². The molecule has 0 aliphatic carbocycles. The topological polar surface area (TPSA) is 48.0 Å². The van der Waals surface area contributed by atoms with Gasteiger partial charge in [0, 0.05) is 19.0 Å². The molecule has 0 N–H and O–H groups in total. The Morgan fingerprint density at radius 1 is 1.62 bits per heavy atom. The first-order valence-corrected chi connectivity index (χ1v) is 5.22. The van der Waals surface area contributed by atoms with E-state index in [4.69, 9.17) is 16.0 Å². The number of hydrogen-bond acceptors (Lipinski definition) is 3. The van der Waals surface area contributed by atoms with Crippen LogP contribution in [0.1, 0.15) is 21.8 Å². The van der Waals surface area contributed by atoms with Crippen molar-refractivity contribution in [2.45, 2.75) is 13.3 Å². The Kier molecular flexibility index (Phi) is 2.83. The minimum atomic E-state index is -0.0944. The first-order chi connectivity index (χ1) is 7.59. The first kappa shape index (κ1) is 11.0. The van der Waals surface area contributed by atoms with Crippen molar-refractivity contribution in [2.75, 3.05) is 0 Å². The van der Waals surface area contributed by atoms with E-state index >= 15 is 0 Å². The highest BCUT2D eigenvalue weighted by atomic mass is 35.5. The molecule has 0 saturated heterocycles. The molecule has 0 spiro atoms. The van der Waals surface area contributed by atoms with E-state index in [1.165, 1.54) is 6.26 Å². The molecular weight excluding hydrogens is 228 g/mol. The van der Waals surface area contributed by atoms with Crippen LogP contribution < -0.4 is 0 Å². The minimum Gasteiger partial charge on any atom is -0.461 e. The summed E-state index contributed by atoms with van der Waals surface area (Å²) in [6.45, 7) is 1.83. The van der Waals surface area contributed by atoms with Crippen LogP contribution in [0.2, 0.25) is 5.15 Å². The molecule has 0 amide bonds. The number of nitrogens with zero attached hydrogens (tertiary/aromatic N) is 2. The van der Waals surface area contributed by atoms with E-state index in [0.717, 1.165) is 11.3 Å². The van der Waals surface area contributed by atoms with Gasteiger partial charge >= 0.3 is 0 Å². The largest absolute Gasteiger partial charge is 0.461 e. The zero-order valence-electron chi connectivity index (χ0n) is 9.03. The zero-order valence-corrected chi connectivity index (χ0v) is 9.78. The maximum atomic E-state index is 11.8. The van der Waals surface area contributed by atoms with Crippen LogP contribution in [0.5, 0.6) is 0 Å². The lowest BCUT2D eigenvalue weighted by atomic mass is 10.1. The predicted octanol–water partition coefficient (Wildman–Crippen LogP) is 2.40. The Hall–Kier alpha value is -1.55. The molecule has 0 bridgehead atoms. The summed E-state index contributed by atoms with van der Waals surface area (Å²) in [6.07, 6.45) is 1.69. The Balaban J connectivity index is 2.25. The fourth-order valence-electron chi connectivity index (χ4n) is 1.56. The second kappa shape index (κ2) is 4.14. The van der Waals surface area contributed by atoms with E-state index in [1.807, 2.05) is 6.92 Å². The van der Waals surface area contributed by atoms with Gasteiger partial charge in [-0.2, -0.15) is 5.10 Å². The zero-order chi connectivity index (χ0) is 11.7. The number of carbonyl (C=O) groups is 1. The summed E-state index contributed by atoms with van der Waals surface area (Å²) in [5, 5.41) is 4.64. The number of rotatable bonds is 3. The van der Waals surface area contributed by atoms with Gasteiger partial charge < -0.3 is 4.42 Å². The molecule has 2 aromatic rings. The second-order valence-corrected chi connectivity index (χ2v) is 3.91. The summed E-state index contributed by atoms with van der Waals surface area (Å²) in [5.41, 5.74) is 1.53. The third-order valence-corrected chi connectivity index (χ3v) is 2.88. The van der Waals surface area contributed by atoms with Gasteiger partial charge in [0.2, 0.25) is 5.78 Å². The van der Waals surface area contributed by atoms with E-state index < -0.39 is 0 Å². The summed E-state index contributed by atoms with van der Waals surface area (Å²) >= 11 is 6.04. The lowest BCUT2D eigenvalue weighted by molar-refractivity contribution is 0.0966. The summed E-state index contributed by atoms with van der Waals surface area (Å²) in [5.74, 6) is 0.252. The Morgan fingerprint density at radius 2 is 2.38 bits per heavy atom. The molecule has 0 radical (unpaired) electrons. The third kappa shape index (κ3) is 1.88. The van der Waals surface area contributed by atoms with Crippen LogP contribution in [0, 0.1) is 6.92 Å². The molecule has 0 aromatic carbocycles. The summed E-state index contributed by atoms with van der Waals surface area (Å²) in [6, 6.07) is 3.33. The van der Waals surface area contributed by atoms with Crippen molar-refractivity contribution in [3.05, 3.63) is 40.6 Å². The number of aryl methyl sites for hydroxylation is 2. The van der Waals surface area contributed by atoms with Gasteiger partial charge in [-0.3, -0.25) is 9.48 Å². The second-order valence-electron chi connectivity index (χ2n) is 3.56. The summed E-state index contributed by atoms with van der Waals surface area (Å²) < 4.78 is 6.59. The smallest absolute Gasteiger partial charge is 0.202 e. The van der Waals surface area contributed by atoms with Crippen molar-refractivity contribution in [3.63, 3.8) is 0 Å². The normalized spacial score (nSPS) is 10.7. The number of carbonyl (C=O) groups excluding carboxylic acids is 1. The van der Waals surface area contributed by atoms with Gasteiger partial charge in [-0.1, -0.05) is 11.6 Å². The maximum absolute atomic E-state index is 11.8. The maximum Gasteiger partial charge on any atom is 0.202 e. The monoisotopic (exact) mass is 238 g/mol. The van der Waals surface area contributed by atoms with Crippen LogP contribution in [-0.2, 0) is 13.5 Å². The van der Waals surface area contributed by atoms with Crippen molar-refractivity contribution in [1.82, 2.24) is 9.78 Å². The SMILES string of the molecule is Cc1nn(C)c(Cl)c1CC(=O)c1ccco1. The molecule has 0 unspecified atom stereocenters. The molecular formula is C11H11ClN2O2. The number of furan rings is 1. The standard InChI is InChI=1S/C11H11ClN2O2/c1-7-8(11(12)14(2)13-7)6-9(15)10-4-3-5-16-10/h3-5H,6H2,1-2H3. The molecule has 2 aromatic heterocycles. The van der Waals surface area contributed by atoms with E-state index in [0.29, 0.717) is 10.9 Å². The highest BCUT2D eigenvalue weighted by Gasteiger charge is 2.17. The quantitative estimate of drug-likeness (QED) is 0.772. The van der Waals surface area contributed by atoms with Crippen LogP contribution >= 0.6 is 11.6 Å². The Bertz CT molecular complexity index is 514. The van der Waals surface area contributed by atoms with E-state index in [-0.39, 0.29) is 12.2 Å². The molecule has 4 nitrogen and oxygen atoms in total. The lowest BCUT2D eigenvalue weighted by Gasteiger charge is -1.98. The van der Waals surface area contributed by atoms with Gasteiger partial charge in [0.25, 0.3) is 0 Å². The number of aromatic nitrogens is 2. The van der Waals surface area contributed by atoms with Crippen LogP contribution in [0.3, 0.4) is 0 Å². The minimum absolute atomic E-state index is 0.0944. The van der Waals surface area contributed by atoms with E-state index in [1.54, 1.807) is 23.9 Å². The molecule has 0 fully saturated rings. The van der Waals surface area contributed by atoms with Crippen LogP contribution in [0.25, 0.3) is 0 Å². The molecule has 0 aliphatic heterocycles. The van der Waals surface area contributed by atoms with Crippen LogP contribution in [0.15, 0.2) is 22.8 Å². The predicted molar refractivity (Wildman–Crippen MR) is 59.7 cm³/mol. The fourth-order valence-corrected chi connectivity index (χ4v) is 1.80. The number of halogens is 1. The molecule has 0 atom stereocenters. The fraction of sp³-hybridized carbons (Fsp3) is 0.273. The van der Waals surface area contributed by atoms with Gasteiger partial charge in [-0.05, 0) is 19.1 Å². The molecule has 0 aliphatic rings. The van der Waals surface area contributed by atoms with Gasteiger partial charge in [-0.15, -0.1) is 0 Å². The highest BCUT2D eigenvalue weighted by Crippen LogP contribution is 2.20. The average molecular weight is 239 g/mol. The van der Waals surface area contributed by atoms with Crippen molar-refractivity contribution in [3.8, 4) is 0 Å². The molecule has 84 valence electrons. The van der Waals surface area contributed by atoms with Gasteiger partial charge in [0.15, 0.2) is 5.76 Å². The van der Waals surface area contributed by atoms with Crippen molar-refractivity contribution in [1.29, 1.82) is 0 Å². The third-order valence-electron chi connectivity index (χ3n) is 2.40. The average Bonchev–Trinajstić information content (AvgIpc) is 2.83. The van der Waals surface area contributed by atoms with Gasteiger partial charge in [-0.25, -0.2) is 0 Å². The highest BCUT2D eigenvalue weighted by molar-refractivity contribution is 6.30. The summed E-state index contributed by atoms with van der Waals surface area (Å²) in [4.78, 5) is 11.8. The first-order valence-electron chi connectivity index (χ1n) is 4.84. The lowest BCUT2D eigenvalue weighted by Crippen LogP contribution is -2.03. The van der Waals surface area contributed by atoms with Crippen LogP contribution in [0.4, 0.5) is 0 Å².